The van der Waals surface area contributed by atoms with Crippen molar-refractivity contribution in [3.8, 4) is 0 Å². The van der Waals surface area contributed by atoms with Gasteiger partial charge in [0.1, 0.15) is 0 Å². The number of ether oxygens (including phenoxy) is 1. The number of carbonyl (C=O) groups excluding carboxylic acids is 2. The van der Waals surface area contributed by atoms with Crippen LogP contribution in [0.3, 0.4) is 0 Å². The zero-order chi connectivity index (χ0) is 25.9. The Morgan fingerprint density at radius 3 is 2.28 bits per heavy atom. The lowest BCUT2D eigenvalue weighted by Gasteiger charge is -2.27. The van der Waals surface area contributed by atoms with Crippen LogP contribution < -0.4 is 10.0 Å². The van der Waals surface area contributed by atoms with Gasteiger partial charge < -0.3 is 15.0 Å². The van der Waals surface area contributed by atoms with Crippen LogP contribution in [-0.4, -0.2) is 51.4 Å². The Bertz CT molecular complexity index is 1410. The number of anilines is 2. The number of aryl methyl sites for hydroxylation is 3. The molecular formula is C27H29N3O5S. The van der Waals surface area contributed by atoms with Gasteiger partial charge in [-0.1, -0.05) is 24.3 Å². The molecule has 0 aliphatic carbocycles. The van der Waals surface area contributed by atoms with Crippen molar-refractivity contribution in [3.05, 3.63) is 88.5 Å². The second-order valence-corrected chi connectivity index (χ2v) is 10.4. The lowest BCUT2D eigenvalue weighted by atomic mass is 10.1. The molecule has 36 heavy (non-hydrogen) atoms. The molecule has 1 fully saturated rings. The number of para-hydroxylation sites is 1. The number of hydrogen-bond acceptors (Lipinski definition) is 5. The third-order valence-corrected chi connectivity index (χ3v) is 7.73. The van der Waals surface area contributed by atoms with Crippen molar-refractivity contribution in [2.75, 3.05) is 36.3 Å². The molecule has 2 N–H and O–H groups in total. The summed E-state index contributed by atoms with van der Waals surface area (Å²) in [5.74, 6) is -0.709. The normalized spacial score (nSPS) is 13.8. The van der Waals surface area contributed by atoms with Crippen LogP contribution >= 0.6 is 0 Å². The molecule has 1 aliphatic heterocycles. The van der Waals surface area contributed by atoms with E-state index < -0.39 is 15.9 Å². The highest BCUT2D eigenvalue weighted by Crippen LogP contribution is 2.24. The Labute approximate surface area is 211 Å². The fourth-order valence-electron chi connectivity index (χ4n) is 3.96. The summed E-state index contributed by atoms with van der Waals surface area (Å²) in [7, 11) is -3.94. The average Bonchev–Trinajstić information content (AvgIpc) is 2.86. The summed E-state index contributed by atoms with van der Waals surface area (Å²) >= 11 is 0. The third-order valence-electron chi connectivity index (χ3n) is 6.20. The number of rotatable bonds is 6. The molecule has 1 saturated heterocycles. The number of morpholine rings is 1. The average molecular weight is 508 g/mol. The van der Waals surface area contributed by atoms with Crippen molar-refractivity contribution < 1.29 is 22.7 Å². The maximum absolute atomic E-state index is 13.2. The van der Waals surface area contributed by atoms with E-state index in [0.717, 1.165) is 11.1 Å². The number of amides is 2. The van der Waals surface area contributed by atoms with Crippen molar-refractivity contribution in [2.24, 2.45) is 0 Å². The predicted molar refractivity (Wildman–Crippen MR) is 139 cm³/mol. The number of benzene rings is 3. The van der Waals surface area contributed by atoms with Crippen LogP contribution in [-0.2, 0) is 14.8 Å². The molecule has 3 aromatic rings. The smallest absolute Gasteiger partial charge is 0.262 e. The lowest BCUT2D eigenvalue weighted by Crippen LogP contribution is -2.41. The van der Waals surface area contributed by atoms with Gasteiger partial charge in [-0.25, -0.2) is 8.42 Å². The molecule has 9 heteroatoms. The van der Waals surface area contributed by atoms with Crippen LogP contribution in [0, 0.1) is 20.8 Å². The molecule has 0 bridgehead atoms. The summed E-state index contributed by atoms with van der Waals surface area (Å²) in [5.41, 5.74) is 3.86. The van der Waals surface area contributed by atoms with Gasteiger partial charge in [0.2, 0.25) is 0 Å². The minimum absolute atomic E-state index is 0.00561. The molecule has 4 rings (SSSR count). The summed E-state index contributed by atoms with van der Waals surface area (Å²) in [4.78, 5) is 27.8. The summed E-state index contributed by atoms with van der Waals surface area (Å²) in [6, 6.07) is 16.6. The van der Waals surface area contributed by atoms with Crippen LogP contribution in [0.1, 0.15) is 37.4 Å². The first-order valence-electron chi connectivity index (χ1n) is 11.6. The van der Waals surface area contributed by atoms with E-state index in [4.69, 9.17) is 4.74 Å². The van der Waals surface area contributed by atoms with Crippen molar-refractivity contribution in [2.45, 2.75) is 25.7 Å². The molecule has 0 saturated carbocycles. The molecule has 8 nitrogen and oxygen atoms in total. The summed E-state index contributed by atoms with van der Waals surface area (Å²) < 4.78 is 34.3. The first kappa shape index (κ1) is 25.4. The molecule has 2 amide bonds. The highest BCUT2D eigenvalue weighted by atomic mass is 32.2. The van der Waals surface area contributed by atoms with Crippen molar-refractivity contribution in [3.63, 3.8) is 0 Å². The van der Waals surface area contributed by atoms with Crippen molar-refractivity contribution >= 4 is 33.2 Å². The molecule has 0 spiro atoms. The predicted octanol–water partition coefficient (Wildman–Crippen LogP) is 4.14. The molecule has 1 aliphatic rings. The standard InChI is InChI=1S/C27H29N3O5S/c1-18-9-11-22(16-20(18)3)29-36(33,34)25-17-21(10-8-19(25)2)26(31)28-24-7-5-4-6-23(24)27(32)30-12-14-35-15-13-30/h4-11,16-17,29H,12-15H2,1-3H3,(H,28,31). The molecule has 1 heterocycles. The molecule has 3 aromatic carbocycles. The van der Waals surface area contributed by atoms with Crippen LogP contribution in [0.15, 0.2) is 65.6 Å². The minimum Gasteiger partial charge on any atom is -0.378 e. The first-order valence-corrected chi connectivity index (χ1v) is 13.1. The number of nitrogens with zero attached hydrogens (tertiary/aromatic N) is 1. The zero-order valence-electron chi connectivity index (χ0n) is 20.5. The minimum atomic E-state index is -3.94. The van der Waals surface area contributed by atoms with Gasteiger partial charge in [0.05, 0.1) is 29.4 Å². The first-order chi connectivity index (χ1) is 17.2. The SMILES string of the molecule is Cc1ccc(NS(=O)(=O)c2cc(C(=O)Nc3ccccc3C(=O)N3CCOCC3)ccc2C)cc1C. The lowest BCUT2D eigenvalue weighted by molar-refractivity contribution is 0.0303. The molecule has 188 valence electrons. The van der Waals surface area contributed by atoms with Gasteiger partial charge in [0.25, 0.3) is 21.8 Å². The van der Waals surface area contributed by atoms with E-state index in [0.29, 0.717) is 48.8 Å². The van der Waals surface area contributed by atoms with E-state index >= 15 is 0 Å². The molecule has 0 unspecified atom stereocenters. The number of nitrogens with one attached hydrogen (secondary N) is 2. The highest BCUT2D eigenvalue weighted by molar-refractivity contribution is 7.92. The van der Waals surface area contributed by atoms with Gasteiger partial charge >= 0.3 is 0 Å². The Morgan fingerprint density at radius 2 is 1.56 bits per heavy atom. The largest absolute Gasteiger partial charge is 0.378 e. The van der Waals surface area contributed by atoms with E-state index in [2.05, 4.69) is 10.0 Å². The molecule has 0 aromatic heterocycles. The molecular weight excluding hydrogens is 478 g/mol. The van der Waals surface area contributed by atoms with Crippen molar-refractivity contribution in [1.82, 2.24) is 4.90 Å². The van der Waals surface area contributed by atoms with Gasteiger partial charge in [-0.2, -0.15) is 0 Å². The van der Waals surface area contributed by atoms with Gasteiger partial charge in [-0.15, -0.1) is 0 Å². The topological polar surface area (TPSA) is 105 Å². The fourth-order valence-corrected chi connectivity index (χ4v) is 5.28. The van der Waals surface area contributed by atoms with Crippen LogP contribution in [0.2, 0.25) is 0 Å². The number of hydrogen-bond donors (Lipinski definition) is 2. The summed E-state index contributed by atoms with van der Waals surface area (Å²) in [5, 5.41) is 2.78. The summed E-state index contributed by atoms with van der Waals surface area (Å²) in [6.07, 6.45) is 0. The Morgan fingerprint density at radius 1 is 0.861 bits per heavy atom. The van der Waals surface area contributed by atoms with Gasteiger partial charge in [-0.3, -0.25) is 14.3 Å². The second kappa shape index (κ2) is 10.5. The Hall–Kier alpha value is -3.69. The second-order valence-electron chi connectivity index (χ2n) is 8.79. The highest BCUT2D eigenvalue weighted by Gasteiger charge is 2.23. The zero-order valence-corrected chi connectivity index (χ0v) is 21.3. The van der Waals surface area contributed by atoms with Crippen LogP contribution in [0.25, 0.3) is 0 Å². The summed E-state index contributed by atoms with van der Waals surface area (Å²) in [6.45, 7) is 7.43. The Balaban J connectivity index is 1.58. The van der Waals surface area contributed by atoms with E-state index in [-0.39, 0.29) is 16.4 Å². The maximum atomic E-state index is 13.2. The van der Waals surface area contributed by atoms with Gasteiger partial charge in [0.15, 0.2) is 0 Å². The maximum Gasteiger partial charge on any atom is 0.262 e. The van der Waals surface area contributed by atoms with E-state index in [1.54, 1.807) is 60.4 Å². The van der Waals surface area contributed by atoms with Gasteiger partial charge in [-0.05, 0) is 73.9 Å². The molecule has 0 atom stereocenters. The Kier molecular flexibility index (Phi) is 7.42. The van der Waals surface area contributed by atoms with Crippen LogP contribution in [0.4, 0.5) is 11.4 Å². The molecule has 0 radical (unpaired) electrons. The number of carbonyl (C=O) groups is 2. The van der Waals surface area contributed by atoms with E-state index in [1.165, 1.54) is 6.07 Å². The van der Waals surface area contributed by atoms with Gasteiger partial charge in [0, 0.05) is 24.3 Å². The van der Waals surface area contributed by atoms with Crippen LogP contribution in [0.5, 0.6) is 0 Å². The quantitative estimate of drug-likeness (QED) is 0.522. The fraction of sp³-hybridized carbons (Fsp3) is 0.259. The monoisotopic (exact) mass is 507 g/mol. The van der Waals surface area contributed by atoms with E-state index in [9.17, 15) is 18.0 Å². The number of sulfonamides is 1. The van der Waals surface area contributed by atoms with E-state index in [1.807, 2.05) is 19.9 Å². The third kappa shape index (κ3) is 5.58. The van der Waals surface area contributed by atoms with Crippen molar-refractivity contribution in [1.29, 1.82) is 0 Å².